The van der Waals surface area contributed by atoms with E-state index in [1.165, 1.54) is 6.21 Å². The Hall–Kier alpha value is -2.04. The fourth-order valence-corrected chi connectivity index (χ4v) is 1.17. The molecule has 0 saturated heterocycles. The third-order valence-electron chi connectivity index (χ3n) is 2.25. The van der Waals surface area contributed by atoms with Gasteiger partial charge in [-0.1, -0.05) is 19.0 Å². The van der Waals surface area contributed by atoms with Gasteiger partial charge in [-0.05, 0) is 12.1 Å². The van der Waals surface area contributed by atoms with Crippen molar-refractivity contribution in [1.29, 1.82) is 0 Å². The summed E-state index contributed by atoms with van der Waals surface area (Å²) in [6.45, 7) is 3.48. The largest absolute Gasteiger partial charge is 0.497 e. The fraction of sp³-hybridized carbons (Fsp3) is 0.385. The zero-order valence-corrected chi connectivity index (χ0v) is 11.0. The van der Waals surface area contributed by atoms with Crippen LogP contribution in [0.15, 0.2) is 23.4 Å². The molecule has 0 fully saturated rings. The Morgan fingerprint density at radius 2 is 2.00 bits per heavy atom. The molecule has 0 N–H and O–H groups in total. The number of benzene rings is 1. The summed E-state index contributed by atoms with van der Waals surface area (Å²) in [5.41, 5.74) is 0.704. The molecule has 5 heteroatoms. The smallest absolute Gasteiger partial charge is 0.337 e. The van der Waals surface area contributed by atoms with Gasteiger partial charge in [-0.3, -0.25) is 0 Å². The molecule has 0 aliphatic rings. The van der Waals surface area contributed by atoms with Crippen molar-refractivity contribution in [2.75, 3.05) is 14.2 Å². The molecule has 0 heterocycles. The quantitative estimate of drug-likeness (QED) is 0.457. The van der Waals surface area contributed by atoms with E-state index in [0.717, 1.165) is 0 Å². The highest BCUT2D eigenvalue weighted by atomic mass is 16.7. The first-order valence-corrected chi connectivity index (χ1v) is 5.54. The van der Waals surface area contributed by atoms with E-state index >= 15 is 0 Å². The number of oxime groups is 1. The van der Waals surface area contributed by atoms with Crippen molar-refractivity contribution in [3.05, 3.63) is 23.8 Å². The average Bonchev–Trinajstić information content (AvgIpc) is 2.38. The number of hydrogen-bond acceptors (Lipinski definition) is 5. The first-order chi connectivity index (χ1) is 8.58. The fourth-order valence-electron chi connectivity index (χ4n) is 1.17. The van der Waals surface area contributed by atoms with Gasteiger partial charge in [0.25, 0.3) is 0 Å². The van der Waals surface area contributed by atoms with E-state index in [2.05, 4.69) is 5.16 Å². The Morgan fingerprint density at radius 1 is 1.28 bits per heavy atom. The van der Waals surface area contributed by atoms with E-state index in [0.29, 0.717) is 17.1 Å². The predicted molar refractivity (Wildman–Crippen MR) is 68.1 cm³/mol. The van der Waals surface area contributed by atoms with Crippen molar-refractivity contribution < 1.29 is 19.1 Å². The summed E-state index contributed by atoms with van der Waals surface area (Å²) in [6.07, 6.45) is 1.43. The molecule has 0 unspecified atom stereocenters. The molecule has 5 nitrogen and oxygen atoms in total. The van der Waals surface area contributed by atoms with Crippen LogP contribution < -0.4 is 9.47 Å². The van der Waals surface area contributed by atoms with Crippen LogP contribution in [0.5, 0.6) is 11.5 Å². The molecule has 0 radical (unpaired) electrons. The summed E-state index contributed by atoms with van der Waals surface area (Å²) < 4.78 is 10.3. The van der Waals surface area contributed by atoms with Gasteiger partial charge < -0.3 is 14.3 Å². The van der Waals surface area contributed by atoms with Gasteiger partial charge in [-0.25, -0.2) is 4.79 Å². The molecule has 0 saturated carbocycles. The molecule has 1 aromatic rings. The normalized spacial score (nSPS) is 10.7. The number of nitrogens with zero attached hydrogens (tertiary/aromatic N) is 1. The van der Waals surface area contributed by atoms with Crippen LogP contribution in [0, 0.1) is 5.92 Å². The average molecular weight is 251 g/mol. The topological polar surface area (TPSA) is 57.1 Å². The van der Waals surface area contributed by atoms with Crippen LogP contribution in [0.3, 0.4) is 0 Å². The lowest BCUT2D eigenvalue weighted by Gasteiger charge is -2.06. The number of methoxy groups -OCH3 is 2. The Bertz CT molecular complexity index is 441. The molecule has 0 aromatic heterocycles. The Balaban J connectivity index is 2.78. The molecule has 0 aliphatic heterocycles. The van der Waals surface area contributed by atoms with Crippen LogP contribution in [-0.4, -0.2) is 26.4 Å². The zero-order valence-electron chi connectivity index (χ0n) is 11.0. The molecule has 0 spiro atoms. The van der Waals surface area contributed by atoms with Gasteiger partial charge in [0, 0.05) is 11.6 Å². The van der Waals surface area contributed by atoms with Crippen LogP contribution in [0.2, 0.25) is 0 Å². The van der Waals surface area contributed by atoms with E-state index in [4.69, 9.17) is 14.3 Å². The van der Waals surface area contributed by atoms with E-state index < -0.39 is 0 Å². The molecule has 0 atom stereocenters. The van der Waals surface area contributed by atoms with Crippen molar-refractivity contribution in [1.82, 2.24) is 0 Å². The van der Waals surface area contributed by atoms with Crippen LogP contribution >= 0.6 is 0 Å². The maximum Gasteiger partial charge on any atom is 0.337 e. The van der Waals surface area contributed by atoms with Crippen molar-refractivity contribution in [3.8, 4) is 11.5 Å². The molecule has 18 heavy (non-hydrogen) atoms. The van der Waals surface area contributed by atoms with Crippen LogP contribution in [0.1, 0.15) is 19.4 Å². The third kappa shape index (κ3) is 3.76. The number of ether oxygens (including phenoxy) is 2. The summed E-state index contributed by atoms with van der Waals surface area (Å²) in [7, 11) is 3.12. The molecule has 1 rings (SSSR count). The lowest BCUT2D eigenvalue weighted by molar-refractivity contribution is -0.147. The Kier molecular flexibility index (Phi) is 5.17. The second-order valence-electron chi connectivity index (χ2n) is 3.91. The zero-order chi connectivity index (χ0) is 13.5. The van der Waals surface area contributed by atoms with Crippen molar-refractivity contribution in [2.24, 2.45) is 11.1 Å². The molecule has 98 valence electrons. The maximum atomic E-state index is 11.2. The van der Waals surface area contributed by atoms with Gasteiger partial charge in [0.05, 0.1) is 26.4 Å². The summed E-state index contributed by atoms with van der Waals surface area (Å²) in [6, 6.07) is 5.27. The second-order valence-corrected chi connectivity index (χ2v) is 3.91. The summed E-state index contributed by atoms with van der Waals surface area (Å²) in [5, 5.41) is 3.63. The highest BCUT2D eigenvalue weighted by Gasteiger charge is 2.08. The molecule has 0 amide bonds. The van der Waals surface area contributed by atoms with Gasteiger partial charge in [0.15, 0.2) is 0 Å². The van der Waals surface area contributed by atoms with E-state index in [-0.39, 0.29) is 11.9 Å². The molecular formula is C13H17NO4. The van der Waals surface area contributed by atoms with Gasteiger partial charge in [-0.2, -0.15) is 0 Å². The number of rotatable bonds is 5. The highest BCUT2D eigenvalue weighted by molar-refractivity contribution is 5.84. The van der Waals surface area contributed by atoms with E-state index in [1.54, 1.807) is 46.3 Å². The lowest BCUT2D eigenvalue weighted by atomic mass is 10.2. The minimum Gasteiger partial charge on any atom is -0.497 e. The minimum atomic E-state index is -0.376. The van der Waals surface area contributed by atoms with Crippen LogP contribution in [0.4, 0.5) is 0 Å². The lowest BCUT2D eigenvalue weighted by Crippen LogP contribution is -2.08. The summed E-state index contributed by atoms with van der Waals surface area (Å²) >= 11 is 0. The third-order valence-corrected chi connectivity index (χ3v) is 2.25. The van der Waals surface area contributed by atoms with Gasteiger partial charge in [0.2, 0.25) is 0 Å². The van der Waals surface area contributed by atoms with E-state index in [9.17, 15) is 4.79 Å². The second kappa shape index (κ2) is 6.64. The first-order valence-electron chi connectivity index (χ1n) is 5.54. The molecule has 0 bridgehead atoms. The van der Waals surface area contributed by atoms with Crippen molar-refractivity contribution in [3.63, 3.8) is 0 Å². The highest BCUT2D eigenvalue weighted by Crippen LogP contribution is 2.23. The van der Waals surface area contributed by atoms with Gasteiger partial charge in [-0.15, -0.1) is 0 Å². The molecular weight excluding hydrogens is 234 g/mol. The summed E-state index contributed by atoms with van der Waals surface area (Å²) in [4.78, 5) is 15.9. The molecule has 1 aromatic carbocycles. The van der Waals surface area contributed by atoms with Crippen LogP contribution in [-0.2, 0) is 9.63 Å². The monoisotopic (exact) mass is 251 g/mol. The SMILES string of the molecule is COc1ccc(/C=N\OC(=O)C(C)C)c(OC)c1. The van der Waals surface area contributed by atoms with E-state index in [1.807, 2.05) is 0 Å². The number of hydrogen-bond donors (Lipinski definition) is 0. The van der Waals surface area contributed by atoms with Crippen LogP contribution in [0.25, 0.3) is 0 Å². The van der Waals surface area contributed by atoms with Crippen molar-refractivity contribution >= 4 is 12.2 Å². The maximum absolute atomic E-state index is 11.2. The standard InChI is InChI=1S/C13H17NO4/c1-9(2)13(15)18-14-8-10-5-6-11(16-3)7-12(10)17-4/h5-9H,1-4H3/b14-8-. The van der Waals surface area contributed by atoms with Crippen molar-refractivity contribution in [2.45, 2.75) is 13.8 Å². The predicted octanol–water partition coefficient (Wildman–Crippen LogP) is 2.24. The molecule has 0 aliphatic carbocycles. The Labute approximate surface area is 106 Å². The summed E-state index contributed by atoms with van der Waals surface area (Å²) in [5.74, 6) is 0.695. The van der Waals surface area contributed by atoms with Gasteiger partial charge in [0.1, 0.15) is 11.5 Å². The van der Waals surface area contributed by atoms with Gasteiger partial charge >= 0.3 is 5.97 Å². The number of carbonyl (C=O) groups excluding carboxylic acids is 1. The first kappa shape index (κ1) is 14.0. The number of carbonyl (C=O) groups is 1. The minimum absolute atomic E-state index is 0.208. The Morgan fingerprint density at radius 3 is 2.56 bits per heavy atom.